The Morgan fingerprint density at radius 3 is 2.31 bits per heavy atom. The van der Waals surface area contributed by atoms with Crippen molar-refractivity contribution >= 4 is 40.9 Å². The molecule has 0 radical (unpaired) electrons. The third-order valence-corrected chi connectivity index (χ3v) is 6.20. The van der Waals surface area contributed by atoms with E-state index in [0.717, 1.165) is 5.69 Å². The summed E-state index contributed by atoms with van der Waals surface area (Å²) >= 11 is 12.7. The number of nitrogens with zero attached hydrogens (tertiary/aromatic N) is 3. The number of nitriles is 1. The smallest absolute Gasteiger partial charge is 0.264 e. The molecule has 0 aromatic heterocycles. The average Bonchev–Trinajstić information content (AvgIpc) is 2.87. The molecule has 35 heavy (non-hydrogen) atoms. The monoisotopic (exact) mass is 509 g/mol. The molecule has 1 amide bonds. The van der Waals surface area contributed by atoms with E-state index in [4.69, 9.17) is 27.9 Å². The maximum atomic E-state index is 13.4. The van der Waals surface area contributed by atoms with Gasteiger partial charge in [0, 0.05) is 31.9 Å². The summed E-state index contributed by atoms with van der Waals surface area (Å²) in [6.45, 7) is 2.48. The van der Waals surface area contributed by atoms with Gasteiger partial charge in [0.15, 0.2) is 5.75 Å². The summed E-state index contributed by atoms with van der Waals surface area (Å²) in [4.78, 5) is 16.9. The van der Waals surface area contributed by atoms with E-state index < -0.39 is 0 Å². The van der Waals surface area contributed by atoms with Gasteiger partial charge in [-0.15, -0.1) is 0 Å². The summed E-state index contributed by atoms with van der Waals surface area (Å²) in [7, 11) is 0. The first kappa shape index (κ1) is 24.6. The minimum absolute atomic E-state index is 0.00118. The van der Waals surface area contributed by atoms with Crippen LogP contribution in [0.1, 0.15) is 11.1 Å². The molecule has 1 aliphatic heterocycles. The number of carbonyl (C=O) groups is 1. The van der Waals surface area contributed by atoms with Crippen LogP contribution in [-0.2, 0) is 11.4 Å². The second-order valence-electron chi connectivity index (χ2n) is 8.02. The molecule has 4 rings (SSSR count). The maximum absolute atomic E-state index is 13.4. The number of ether oxygens (including phenoxy) is 1. The van der Waals surface area contributed by atoms with Crippen LogP contribution in [0.25, 0.3) is 6.08 Å². The fourth-order valence-corrected chi connectivity index (χ4v) is 4.48. The molecule has 1 heterocycles. The van der Waals surface area contributed by atoms with Gasteiger partial charge in [-0.2, -0.15) is 5.26 Å². The highest BCUT2D eigenvalue weighted by atomic mass is 35.5. The highest BCUT2D eigenvalue weighted by Gasteiger charge is 2.24. The van der Waals surface area contributed by atoms with Gasteiger partial charge in [0.25, 0.3) is 5.91 Å². The van der Waals surface area contributed by atoms with Crippen molar-refractivity contribution in [3.63, 3.8) is 0 Å². The lowest BCUT2D eigenvalue weighted by Gasteiger charge is -2.36. The van der Waals surface area contributed by atoms with E-state index in [2.05, 4.69) is 4.90 Å². The molecule has 1 fully saturated rings. The van der Waals surface area contributed by atoms with Crippen LogP contribution in [0.3, 0.4) is 0 Å². The topological polar surface area (TPSA) is 56.6 Å². The van der Waals surface area contributed by atoms with Crippen LogP contribution in [0, 0.1) is 17.1 Å². The van der Waals surface area contributed by atoms with Crippen molar-refractivity contribution in [1.29, 1.82) is 5.26 Å². The first-order valence-electron chi connectivity index (χ1n) is 11.0. The molecule has 0 unspecified atom stereocenters. The fourth-order valence-electron chi connectivity index (χ4n) is 3.87. The van der Waals surface area contributed by atoms with E-state index in [9.17, 15) is 14.4 Å². The largest absolute Gasteiger partial charge is 0.486 e. The lowest BCUT2D eigenvalue weighted by molar-refractivity contribution is -0.126. The average molecular weight is 510 g/mol. The number of halogens is 3. The number of amides is 1. The molecule has 0 bridgehead atoms. The van der Waals surface area contributed by atoms with Crippen LogP contribution in [0.4, 0.5) is 10.1 Å². The standard InChI is InChI=1S/C27H22Cl2FN3O2/c28-24-15-20(16-25(29)26(24)35-18-19-5-4-6-22(30)14-19)13-21(17-31)27(34)33-11-9-32(10-12-33)23-7-2-1-3-8-23/h1-8,13-16H,9-12,18H2/b21-13+. The summed E-state index contributed by atoms with van der Waals surface area (Å²) in [5.74, 6) is -0.450. The Balaban J connectivity index is 1.43. The number of hydrogen-bond acceptors (Lipinski definition) is 4. The normalized spacial score (nSPS) is 13.9. The van der Waals surface area contributed by atoms with E-state index in [1.165, 1.54) is 18.2 Å². The third kappa shape index (κ3) is 6.13. The van der Waals surface area contributed by atoms with Crippen LogP contribution >= 0.6 is 23.2 Å². The molecule has 0 aliphatic carbocycles. The molecular weight excluding hydrogens is 488 g/mol. The summed E-state index contributed by atoms with van der Waals surface area (Å²) in [6.07, 6.45) is 1.47. The molecule has 1 saturated heterocycles. The maximum Gasteiger partial charge on any atom is 0.264 e. The predicted molar refractivity (Wildman–Crippen MR) is 136 cm³/mol. The second-order valence-corrected chi connectivity index (χ2v) is 8.83. The molecular formula is C27H22Cl2FN3O2. The SMILES string of the molecule is N#C/C(=C\c1cc(Cl)c(OCc2cccc(F)c2)c(Cl)c1)C(=O)N1CCN(c2ccccc2)CC1. The minimum atomic E-state index is -0.362. The van der Waals surface area contributed by atoms with Crippen molar-refractivity contribution in [2.75, 3.05) is 31.1 Å². The highest BCUT2D eigenvalue weighted by molar-refractivity contribution is 6.37. The van der Waals surface area contributed by atoms with Crippen molar-refractivity contribution in [1.82, 2.24) is 4.90 Å². The Morgan fingerprint density at radius 1 is 1.00 bits per heavy atom. The zero-order valence-electron chi connectivity index (χ0n) is 18.8. The van der Waals surface area contributed by atoms with Gasteiger partial charge < -0.3 is 14.5 Å². The van der Waals surface area contributed by atoms with Gasteiger partial charge in [0.05, 0.1) is 10.0 Å². The van der Waals surface area contributed by atoms with E-state index in [0.29, 0.717) is 37.3 Å². The second kappa shape index (κ2) is 11.3. The van der Waals surface area contributed by atoms with Crippen LogP contribution in [0.15, 0.2) is 72.3 Å². The fraction of sp³-hybridized carbons (Fsp3) is 0.185. The van der Waals surface area contributed by atoms with Crippen LogP contribution in [0.5, 0.6) is 5.75 Å². The Morgan fingerprint density at radius 2 is 1.69 bits per heavy atom. The van der Waals surface area contributed by atoms with Crippen molar-refractivity contribution in [3.05, 3.63) is 99.3 Å². The number of benzene rings is 3. The third-order valence-electron chi connectivity index (χ3n) is 5.64. The summed E-state index contributed by atoms with van der Waals surface area (Å²) in [5.41, 5.74) is 2.25. The molecule has 3 aromatic rings. The van der Waals surface area contributed by atoms with Crippen molar-refractivity contribution in [3.8, 4) is 11.8 Å². The Hall–Kier alpha value is -3.53. The lowest BCUT2D eigenvalue weighted by Crippen LogP contribution is -2.49. The van der Waals surface area contributed by atoms with Gasteiger partial charge in [0.2, 0.25) is 0 Å². The number of hydrogen-bond donors (Lipinski definition) is 0. The minimum Gasteiger partial charge on any atom is -0.486 e. The zero-order chi connectivity index (χ0) is 24.8. The molecule has 0 N–H and O–H groups in total. The van der Waals surface area contributed by atoms with E-state index in [1.807, 2.05) is 36.4 Å². The van der Waals surface area contributed by atoms with Crippen LogP contribution in [0.2, 0.25) is 10.0 Å². The van der Waals surface area contributed by atoms with Gasteiger partial charge in [-0.25, -0.2) is 4.39 Å². The Kier molecular flexibility index (Phi) is 7.91. The van der Waals surface area contributed by atoms with Crippen molar-refractivity contribution < 1.29 is 13.9 Å². The molecule has 1 aliphatic rings. The summed E-state index contributed by atoms with van der Waals surface area (Å²) < 4.78 is 19.1. The number of rotatable bonds is 6. The number of para-hydroxylation sites is 1. The van der Waals surface area contributed by atoms with E-state index in [-0.39, 0.29) is 39.7 Å². The number of carbonyl (C=O) groups excluding carboxylic acids is 1. The zero-order valence-corrected chi connectivity index (χ0v) is 20.3. The van der Waals surface area contributed by atoms with Gasteiger partial charge in [-0.1, -0.05) is 53.5 Å². The van der Waals surface area contributed by atoms with Crippen LogP contribution in [-0.4, -0.2) is 37.0 Å². The first-order chi connectivity index (χ1) is 16.9. The van der Waals surface area contributed by atoms with Crippen molar-refractivity contribution in [2.45, 2.75) is 6.61 Å². The van der Waals surface area contributed by atoms with Gasteiger partial charge in [0.1, 0.15) is 24.1 Å². The summed E-state index contributed by atoms with van der Waals surface area (Å²) in [5, 5.41) is 10.1. The molecule has 178 valence electrons. The molecule has 0 spiro atoms. The van der Waals surface area contributed by atoms with Crippen molar-refractivity contribution in [2.24, 2.45) is 0 Å². The first-order valence-corrected chi connectivity index (χ1v) is 11.8. The van der Waals surface area contributed by atoms with E-state index >= 15 is 0 Å². The molecule has 8 heteroatoms. The lowest BCUT2D eigenvalue weighted by atomic mass is 10.1. The molecule has 5 nitrogen and oxygen atoms in total. The van der Waals surface area contributed by atoms with Gasteiger partial charge >= 0.3 is 0 Å². The molecule has 0 saturated carbocycles. The Bertz CT molecular complexity index is 1260. The van der Waals surface area contributed by atoms with Gasteiger partial charge in [-0.05, 0) is 53.6 Å². The Labute approximate surface area is 213 Å². The molecule has 3 aromatic carbocycles. The van der Waals surface area contributed by atoms with E-state index in [1.54, 1.807) is 29.2 Å². The molecule has 0 atom stereocenters. The predicted octanol–water partition coefficient (Wildman–Crippen LogP) is 5.97. The number of anilines is 1. The van der Waals surface area contributed by atoms with Gasteiger partial charge in [-0.3, -0.25) is 4.79 Å². The highest BCUT2D eigenvalue weighted by Crippen LogP contribution is 2.35. The quantitative estimate of drug-likeness (QED) is 0.303. The number of piperazine rings is 1. The summed E-state index contributed by atoms with van der Waals surface area (Å²) in [6, 6.07) is 21.2. The van der Waals surface area contributed by atoms with Crippen LogP contribution < -0.4 is 9.64 Å².